The molecule has 12 heteroatoms. The van der Waals surface area contributed by atoms with E-state index in [1.807, 2.05) is 48.7 Å². The smallest absolute Gasteiger partial charge is 0.408 e. The van der Waals surface area contributed by atoms with E-state index in [0.29, 0.717) is 23.3 Å². The molecule has 0 radical (unpaired) electrons. The fraction of sp³-hybridized carbons (Fsp3) is 0.467. The number of carbonyl (C=O) groups is 3. The van der Waals surface area contributed by atoms with E-state index in [4.69, 9.17) is 9.47 Å². The van der Waals surface area contributed by atoms with Crippen molar-refractivity contribution in [2.75, 3.05) is 6.61 Å². The van der Waals surface area contributed by atoms with Crippen LogP contribution in [-0.2, 0) is 25.5 Å². The van der Waals surface area contributed by atoms with Gasteiger partial charge in [-0.15, -0.1) is 0 Å². The van der Waals surface area contributed by atoms with Crippen LogP contribution < -0.4 is 10.6 Å². The average molecular weight is 582 g/mol. The summed E-state index contributed by atoms with van der Waals surface area (Å²) in [6.45, 7) is 10.8. The summed E-state index contributed by atoms with van der Waals surface area (Å²) < 4.78 is 12.4. The van der Waals surface area contributed by atoms with Gasteiger partial charge in [-0.3, -0.25) is 19.5 Å². The lowest BCUT2D eigenvalue weighted by Gasteiger charge is -2.25. The number of imidazole rings is 1. The molecule has 0 saturated carbocycles. The minimum Gasteiger partial charge on any atom is -0.464 e. The summed E-state index contributed by atoms with van der Waals surface area (Å²) in [6, 6.07) is 11.8. The van der Waals surface area contributed by atoms with Crippen molar-refractivity contribution in [2.24, 2.45) is 5.92 Å². The lowest BCUT2D eigenvalue weighted by Crippen LogP contribution is -2.53. The largest absolute Gasteiger partial charge is 0.464 e. The maximum absolute atomic E-state index is 13.5. The van der Waals surface area contributed by atoms with Crippen molar-refractivity contribution in [1.29, 1.82) is 0 Å². The molecule has 0 saturated heterocycles. The van der Waals surface area contributed by atoms with Gasteiger partial charge in [-0.25, -0.2) is 14.6 Å². The molecule has 12 nitrogen and oxygen atoms in total. The molecule has 1 heterocycles. The third-order valence-corrected chi connectivity index (χ3v) is 6.19. The minimum absolute atomic E-state index is 0.0896. The first-order chi connectivity index (χ1) is 19.8. The van der Waals surface area contributed by atoms with Crippen LogP contribution in [0.25, 0.3) is 16.7 Å². The third-order valence-electron chi connectivity index (χ3n) is 6.19. The van der Waals surface area contributed by atoms with E-state index < -0.39 is 40.6 Å². The highest BCUT2D eigenvalue weighted by molar-refractivity contribution is 5.89. The van der Waals surface area contributed by atoms with Crippen LogP contribution in [0.2, 0.25) is 0 Å². The van der Waals surface area contributed by atoms with Gasteiger partial charge >= 0.3 is 12.1 Å². The van der Waals surface area contributed by atoms with Gasteiger partial charge in [0.25, 0.3) is 5.69 Å². The number of nitrogens with zero attached hydrogens (tertiary/aromatic N) is 3. The minimum atomic E-state index is -1.08. The zero-order valence-corrected chi connectivity index (χ0v) is 24.9. The van der Waals surface area contributed by atoms with Crippen molar-refractivity contribution < 1.29 is 28.8 Å². The van der Waals surface area contributed by atoms with Crippen LogP contribution in [0.15, 0.2) is 48.5 Å². The lowest BCUT2D eigenvalue weighted by molar-refractivity contribution is -0.384. The molecule has 2 amide bonds. The van der Waals surface area contributed by atoms with E-state index in [1.165, 1.54) is 12.1 Å². The summed E-state index contributed by atoms with van der Waals surface area (Å²) in [5.74, 6) is -0.503. The zero-order chi connectivity index (χ0) is 31.0. The Morgan fingerprint density at radius 1 is 1.05 bits per heavy atom. The van der Waals surface area contributed by atoms with Gasteiger partial charge in [0.05, 0.1) is 22.6 Å². The Hall–Kier alpha value is -4.48. The standard InChI is InChI=1S/C30H39N5O7/c1-7-41-28(37)24(17-19(2)3)32-27(36)22(33-29(38)42-30(4,5)6)14-16-26-31-23-18-21(35(39)40)13-15-25(23)34(26)20-11-9-8-10-12-20/h8-13,15,18-19,22,24H,7,14,16-17H2,1-6H3,(H,32,36)(H,33,38). The number of aryl methyl sites for hydroxylation is 1. The first-order valence-corrected chi connectivity index (χ1v) is 14.0. The van der Waals surface area contributed by atoms with Crippen molar-refractivity contribution in [3.05, 3.63) is 64.5 Å². The quantitative estimate of drug-likeness (QED) is 0.175. The van der Waals surface area contributed by atoms with E-state index in [9.17, 15) is 24.5 Å². The maximum Gasteiger partial charge on any atom is 0.408 e. The van der Waals surface area contributed by atoms with Gasteiger partial charge in [0.1, 0.15) is 23.5 Å². The molecule has 2 aromatic carbocycles. The number of alkyl carbamates (subject to hydrolysis) is 1. The summed E-state index contributed by atoms with van der Waals surface area (Å²) >= 11 is 0. The third kappa shape index (κ3) is 8.76. The van der Waals surface area contributed by atoms with Crippen molar-refractivity contribution >= 4 is 34.7 Å². The number of fused-ring (bicyclic) bond motifs is 1. The Balaban J connectivity index is 1.95. The Labute approximate surface area is 244 Å². The fourth-order valence-corrected chi connectivity index (χ4v) is 4.46. The average Bonchev–Trinajstić information content (AvgIpc) is 3.27. The summed E-state index contributed by atoms with van der Waals surface area (Å²) in [6.07, 6.45) is -0.127. The summed E-state index contributed by atoms with van der Waals surface area (Å²) in [4.78, 5) is 54.4. The summed E-state index contributed by atoms with van der Waals surface area (Å²) in [5, 5.41) is 16.8. The van der Waals surface area contributed by atoms with Gasteiger partial charge in [-0.2, -0.15) is 0 Å². The molecule has 2 unspecified atom stereocenters. The Kier molecular flexibility index (Phi) is 10.6. The zero-order valence-electron chi connectivity index (χ0n) is 24.9. The molecule has 3 rings (SSSR count). The molecular formula is C30H39N5O7. The van der Waals surface area contributed by atoms with E-state index in [0.717, 1.165) is 5.69 Å². The second kappa shape index (κ2) is 13.9. The number of nitrogens with one attached hydrogen (secondary N) is 2. The van der Waals surface area contributed by atoms with Crippen molar-refractivity contribution in [2.45, 2.75) is 78.5 Å². The first kappa shape index (κ1) is 32.0. The highest BCUT2D eigenvalue weighted by atomic mass is 16.6. The number of hydrogen-bond acceptors (Lipinski definition) is 8. The van der Waals surface area contributed by atoms with Gasteiger partial charge in [0.15, 0.2) is 0 Å². The van der Waals surface area contributed by atoms with Crippen LogP contribution in [0.5, 0.6) is 0 Å². The van der Waals surface area contributed by atoms with E-state index in [-0.39, 0.29) is 31.1 Å². The molecule has 2 atom stereocenters. The molecule has 0 aliphatic carbocycles. The van der Waals surface area contributed by atoms with Gasteiger partial charge in [0, 0.05) is 24.2 Å². The highest BCUT2D eigenvalue weighted by Gasteiger charge is 2.30. The number of carbonyl (C=O) groups excluding carboxylic acids is 3. The Bertz CT molecular complexity index is 1410. The second-order valence-corrected chi connectivity index (χ2v) is 11.3. The molecule has 42 heavy (non-hydrogen) atoms. The van der Waals surface area contributed by atoms with E-state index in [2.05, 4.69) is 15.6 Å². The van der Waals surface area contributed by atoms with Gasteiger partial charge in [-0.1, -0.05) is 32.0 Å². The van der Waals surface area contributed by atoms with Crippen LogP contribution in [0, 0.1) is 16.0 Å². The van der Waals surface area contributed by atoms with Crippen LogP contribution in [0.3, 0.4) is 0 Å². The number of aromatic nitrogens is 2. The number of nitro benzene ring substituents is 1. The molecule has 1 aromatic heterocycles. The second-order valence-electron chi connectivity index (χ2n) is 11.3. The molecular weight excluding hydrogens is 542 g/mol. The van der Waals surface area contributed by atoms with Gasteiger partial charge in [-0.05, 0) is 64.7 Å². The van der Waals surface area contributed by atoms with Crippen LogP contribution in [0.4, 0.5) is 10.5 Å². The number of esters is 1. The number of non-ortho nitro benzene ring substituents is 1. The molecule has 0 bridgehead atoms. The van der Waals surface area contributed by atoms with Crippen molar-refractivity contribution in [3.63, 3.8) is 0 Å². The van der Waals surface area contributed by atoms with Crippen molar-refractivity contribution in [1.82, 2.24) is 20.2 Å². The molecule has 0 aliphatic heterocycles. The van der Waals surface area contributed by atoms with Crippen LogP contribution >= 0.6 is 0 Å². The number of para-hydroxylation sites is 1. The van der Waals surface area contributed by atoms with E-state index >= 15 is 0 Å². The topological polar surface area (TPSA) is 155 Å². The molecule has 3 aromatic rings. The summed E-state index contributed by atoms with van der Waals surface area (Å²) in [5.41, 5.74) is 0.965. The number of amides is 2. The van der Waals surface area contributed by atoms with Gasteiger partial charge in [0.2, 0.25) is 5.91 Å². The first-order valence-electron chi connectivity index (χ1n) is 14.0. The highest BCUT2D eigenvalue weighted by Crippen LogP contribution is 2.26. The normalized spacial score (nSPS) is 12.9. The van der Waals surface area contributed by atoms with Gasteiger partial charge < -0.3 is 20.1 Å². The predicted octanol–water partition coefficient (Wildman–Crippen LogP) is 4.85. The molecule has 0 spiro atoms. The Morgan fingerprint density at radius 3 is 2.33 bits per heavy atom. The molecule has 0 aliphatic rings. The fourth-order valence-electron chi connectivity index (χ4n) is 4.46. The number of rotatable bonds is 12. The molecule has 2 N–H and O–H groups in total. The molecule has 0 fully saturated rings. The van der Waals surface area contributed by atoms with E-state index in [1.54, 1.807) is 33.8 Å². The van der Waals surface area contributed by atoms with Crippen molar-refractivity contribution in [3.8, 4) is 5.69 Å². The number of ether oxygens (including phenoxy) is 2. The van der Waals surface area contributed by atoms with Crippen LogP contribution in [0.1, 0.15) is 60.2 Å². The number of benzene rings is 2. The number of nitro groups is 1. The monoisotopic (exact) mass is 581 g/mol. The lowest BCUT2D eigenvalue weighted by atomic mass is 10.0. The molecule has 226 valence electrons. The Morgan fingerprint density at radius 2 is 1.74 bits per heavy atom. The number of hydrogen-bond donors (Lipinski definition) is 2. The SMILES string of the molecule is CCOC(=O)C(CC(C)C)NC(=O)C(CCc1nc2cc([N+](=O)[O-])ccc2n1-c1ccccc1)NC(=O)OC(C)(C)C. The van der Waals surface area contributed by atoms with Crippen LogP contribution in [-0.4, -0.2) is 56.7 Å². The summed E-state index contributed by atoms with van der Waals surface area (Å²) in [7, 11) is 0. The maximum atomic E-state index is 13.5. The predicted molar refractivity (Wildman–Crippen MR) is 157 cm³/mol.